The molecule has 1 aliphatic rings. The monoisotopic (exact) mass is 265 g/mol. The minimum absolute atomic E-state index is 0.180. The average Bonchev–Trinajstić information content (AvgIpc) is 2.86. The summed E-state index contributed by atoms with van der Waals surface area (Å²) in [5, 5.41) is 12.8. The second-order valence-electron chi connectivity index (χ2n) is 5.77. The highest BCUT2D eigenvalue weighted by molar-refractivity contribution is 5.16. The number of rotatable bonds is 6. The number of benzene rings is 1. The van der Waals surface area contributed by atoms with Gasteiger partial charge in [-0.25, -0.2) is 4.39 Å². The van der Waals surface area contributed by atoms with Crippen LogP contribution in [0.25, 0.3) is 0 Å². The van der Waals surface area contributed by atoms with E-state index in [-0.39, 0.29) is 5.82 Å². The lowest BCUT2D eigenvalue weighted by Crippen LogP contribution is -2.34. The van der Waals surface area contributed by atoms with Crippen LogP contribution in [0.2, 0.25) is 0 Å². The number of aliphatic hydroxyl groups excluding tert-OH is 1. The van der Waals surface area contributed by atoms with Gasteiger partial charge in [0.05, 0.1) is 0 Å². The Morgan fingerprint density at radius 3 is 2.63 bits per heavy atom. The van der Waals surface area contributed by atoms with Crippen molar-refractivity contribution in [2.45, 2.75) is 38.6 Å². The normalized spacial score (nSPS) is 24.6. The first kappa shape index (κ1) is 14.5. The van der Waals surface area contributed by atoms with E-state index in [4.69, 9.17) is 0 Å². The van der Waals surface area contributed by atoms with E-state index in [2.05, 4.69) is 12.2 Å². The topological polar surface area (TPSA) is 32.3 Å². The molecule has 1 aliphatic carbocycles. The first-order valence-electron chi connectivity index (χ1n) is 7.27. The standard InChI is InChI=1S/C16H24FNO/c1-12(9-13-5-7-16(17)8-6-13)18-10-14-3-2-4-15(14)11-19/h5-8,12,14-15,18-19H,2-4,9-11H2,1H3. The van der Waals surface area contributed by atoms with E-state index in [0.717, 1.165) is 24.9 Å². The van der Waals surface area contributed by atoms with Crippen LogP contribution in [0, 0.1) is 17.7 Å². The third-order valence-electron chi connectivity index (χ3n) is 4.23. The van der Waals surface area contributed by atoms with Crippen LogP contribution < -0.4 is 5.32 Å². The van der Waals surface area contributed by atoms with Gasteiger partial charge in [-0.15, -0.1) is 0 Å². The zero-order chi connectivity index (χ0) is 13.7. The van der Waals surface area contributed by atoms with Gasteiger partial charge in [-0.3, -0.25) is 0 Å². The molecule has 1 saturated carbocycles. The Morgan fingerprint density at radius 2 is 1.95 bits per heavy atom. The summed E-state index contributed by atoms with van der Waals surface area (Å²) in [6.45, 7) is 3.46. The van der Waals surface area contributed by atoms with Gasteiger partial charge in [-0.2, -0.15) is 0 Å². The molecule has 0 bridgehead atoms. The van der Waals surface area contributed by atoms with Crippen LogP contribution in [-0.4, -0.2) is 24.3 Å². The quantitative estimate of drug-likeness (QED) is 0.829. The Labute approximate surface area is 115 Å². The molecule has 3 heteroatoms. The molecule has 0 saturated heterocycles. The Morgan fingerprint density at radius 1 is 1.26 bits per heavy atom. The largest absolute Gasteiger partial charge is 0.396 e. The van der Waals surface area contributed by atoms with Crippen LogP contribution in [-0.2, 0) is 6.42 Å². The molecule has 3 unspecified atom stereocenters. The highest BCUT2D eigenvalue weighted by Crippen LogP contribution is 2.30. The van der Waals surface area contributed by atoms with Crippen LogP contribution in [0.15, 0.2) is 24.3 Å². The van der Waals surface area contributed by atoms with Crippen molar-refractivity contribution in [1.82, 2.24) is 5.32 Å². The molecule has 0 amide bonds. The SMILES string of the molecule is CC(Cc1ccc(F)cc1)NCC1CCCC1CO. The van der Waals surface area contributed by atoms with Crippen molar-refractivity contribution in [3.8, 4) is 0 Å². The lowest BCUT2D eigenvalue weighted by molar-refractivity contribution is 0.190. The first-order chi connectivity index (χ1) is 9.19. The predicted molar refractivity (Wildman–Crippen MR) is 75.5 cm³/mol. The van der Waals surface area contributed by atoms with Crippen molar-refractivity contribution in [2.75, 3.05) is 13.2 Å². The highest BCUT2D eigenvalue weighted by Gasteiger charge is 2.26. The Hall–Kier alpha value is -0.930. The zero-order valence-corrected chi connectivity index (χ0v) is 11.6. The third kappa shape index (κ3) is 4.29. The number of hydrogen-bond acceptors (Lipinski definition) is 2. The fourth-order valence-electron chi connectivity index (χ4n) is 3.02. The van der Waals surface area contributed by atoms with Gasteiger partial charge in [0.15, 0.2) is 0 Å². The van der Waals surface area contributed by atoms with Gasteiger partial charge in [-0.1, -0.05) is 18.6 Å². The summed E-state index contributed by atoms with van der Waals surface area (Å²) in [6.07, 6.45) is 4.54. The summed E-state index contributed by atoms with van der Waals surface area (Å²) < 4.78 is 12.8. The fraction of sp³-hybridized carbons (Fsp3) is 0.625. The molecule has 2 nitrogen and oxygen atoms in total. The summed E-state index contributed by atoms with van der Waals surface area (Å²) in [5.74, 6) is 0.910. The lowest BCUT2D eigenvalue weighted by atomic mass is 9.96. The molecule has 0 aromatic heterocycles. The number of nitrogens with one attached hydrogen (secondary N) is 1. The van der Waals surface area contributed by atoms with E-state index in [1.807, 2.05) is 12.1 Å². The third-order valence-corrected chi connectivity index (χ3v) is 4.23. The molecule has 0 spiro atoms. The van der Waals surface area contributed by atoms with E-state index >= 15 is 0 Å². The van der Waals surface area contributed by atoms with Crippen LogP contribution >= 0.6 is 0 Å². The minimum Gasteiger partial charge on any atom is -0.396 e. The Kier molecular flexibility index (Phi) is 5.34. The minimum atomic E-state index is -0.180. The van der Waals surface area contributed by atoms with Crippen LogP contribution in [0.1, 0.15) is 31.7 Å². The van der Waals surface area contributed by atoms with Crippen molar-refractivity contribution < 1.29 is 9.50 Å². The van der Waals surface area contributed by atoms with Gasteiger partial charge < -0.3 is 10.4 Å². The molecule has 0 radical (unpaired) electrons. The van der Waals surface area contributed by atoms with E-state index in [9.17, 15) is 9.50 Å². The van der Waals surface area contributed by atoms with Gasteiger partial charge in [-0.05, 0) is 62.3 Å². The van der Waals surface area contributed by atoms with Crippen molar-refractivity contribution in [3.63, 3.8) is 0 Å². The average molecular weight is 265 g/mol. The molecule has 1 fully saturated rings. The smallest absolute Gasteiger partial charge is 0.123 e. The molecule has 19 heavy (non-hydrogen) atoms. The van der Waals surface area contributed by atoms with Crippen LogP contribution in [0.5, 0.6) is 0 Å². The fourth-order valence-corrected chi connectivity index (χ4v) is 3.02. The summed E-state index contributed by atoms with van der Waals surface area (Å²) >= 11 is 0. The van der Waals surface area contributed by atoms with E-state index in [0.29, 0.717) is 24.5 Å². The van der Waals surface area contributed by atoms with E-state index in [1.54, 1.807) is 0 Å². The summed E-state index contributed by atoms with van der Waals surface area (Å²) in [4.78, 5) is 0. The maximum absolute atomic E-state index is 12.8. The number of hydrogen-bond donors (Lipinski definition) is 2. The molecule has 3 atom stereocenters. The van der Waals surface area contributed by atoms with Crippen molar-refractivity contribution in [3.05, 3.63) is 35.6 Å². The van der Waals surface area contributed by atoms with E-state index < -0.39 is 0 Å². The molecule has 1 aromatic carbocycles. The van der Waals surface area contributed by atoms with Crippen molar-refractivity contribution >= 4 is 0 Å². The van der Waals surface area contributed by atoms with Gasteiger partial charge >= 0.3 is 0 Å². The maximum atomic E-state index is 12.8. The first-order valence-corrected chi connectivity index (χ1v) is 7.27. The Balaban J connectivity index is 1.75. The molecule has 2 N–H and O–H groups in total. The molecular weight excluding hydrogens is 241 g/mol. The van der Waals surface area contributed by atoms with Gasteiger partial charge in [0.1, 0.15) is 5.82 Å². The molecule has 1 aromatic rings. The zero-order valence-electron chi connectivity index (χ0n) is 11.6. The predicted octanol–water partition coefficient (Wildman–Crippen LogP) is 2.75. The van der Waals surface area contributed by atoms with Crippen LogP contribution in [0.3, 0.4) is 0 Å². The van der Waals surface area contributed by atoms with Crippen molar-refractivity contribution in [2.24, 2.45) is 11.8 Å². The number of halogens is 1. The summed E-state index contributed by atoms with van der Waals surface area (Å²) in [6, 6.07) is 7.10. The van der Waals surface area contributed by atoms with Gasteiger partial charge in [0.2, 0.25) is 0 Å². The Bertz CT molecular complexity index is 379. The van der Waals surface area contributed by atoms with Crippen molar-refractivity contribution in [1.29, 1.82) is 0 Å². The lowest BCUT2D eigenvalue weighted by Gasteiger charge is -2.21. The second-order valence-corrected chi connectivity index (χ2v) is 5.77. The molecule has 0 heterocycles. The summed E-state index contributed by atoms with van der Waals surface area (Å²) in [5.41, 5.74) is 1.16. The maximum Gasteiger partial charge on any atom is 0.123 e. The summed E-state index contributed by atoms with van der Waals surface area (Å²) in [7, 11) is 0. The molecule has 0 aliphatic heterocycles. The molecule has 2 rings (SSSR count). The highest BCUT2D eigenvalue weighted by atomic mass is 19.1. The number of aliphatic hydroxyl groups is 1. The van der Waals surface area contributed by atoms with Crippen LogP contribution in [0.4, 0.5) is 4.39 Å². The van der Waals surface area contributed by atoms with Gasteiger partial charge in [0, 0.05) is 12.6 Å². The van der Waals surface area contributed by atoms with E-state index in [1.165, 1.54) is 25.0 Å². The second kappa shape index (κ2) is 7.01. The molecular formula is C16H24FNO. The van der Waals surface area contributed by atoms with Gasteiger partial charge in [0.25, 0.3) is 0 Å². The molecule has 106 valence electrons.